The van der Waals surface area contributed by atoms with Crippen molar-refractivity contribution < 1.29 is 19.1 Å². The fourth-order valence-corrected chi connectivity index (χ4v) is 4.76. The van der Waals surface area contributed by atoms with Gasteiger partial charge in [0.2, 0.25) is 11.8 Å². The Morgan fingerprint density at radius 1 is 1.10 bits per heavy atom. The molecule has 0 radical (unpaired) electrons. The number of aromatic nitrogens is 2. The molecule has 29 heavy (non-hydrogen) atoms. The van der Waals surface area contributed by atoms with E-state index in [1.165, 1.54) is 5.69 Å². The summed E-state index contributed by atoms with van der Waals surface area (Å²) in [7, 11) is 1.91. The molecule has 0 saturated carbocycles. The summed E-state index contributed by atoms with van der Waals surface area (Å²) in [5.41, 5.74) is 2.93. The summed E-state index contributed by atoms with van der Waals surface area (Å²) in [6.45, 7) is 3.35. The number of carbonyl (C=O) groups excluding carboxylic acids is 2. The van der Waals surface area contributed by atoms with E-state index in [0.717, 1.165) is 42.5 Å². The Hall–Kier alpha value is -2.45. The Morgan fingerprint density at radius 3 is 2.59 bits per heavy atom. The number of fused-ring (bicyclic) bond motifs is 1. The van der Waals surface area contributed by atoms with Gasteiger partial charge in [0.15, 0.2) is 6.29 Å². The first-order valence-corrected chi connectivity index (χ1v) is 10.4. The molecule has 5 rings (SSSR count). The highest BCUT2D eigenvalue weighted by Crippen LogP contribution is 2.34. The Kier molecular flexibility index (Phi) is 4.75. The first-order chi connectivity index (χ1) is 14.1. The van der Waals surface area contributed by atoms with Crippen molar-refractivity contribution >= 4 is 28.4 Å². The second kappa shape index (κ2) is 7.42. The highest BCUT2D eigenvalue weighted by molar-refractivity contribution is 6.02. The quantitative estimate of drug-likeness (QED) is 0.792. The molecule has 1 unspecified atom stereocenters. The second-order valence-electron chi connectivity index (χ2n) is 8.15. The monoisotopic (exact) mass is 398 g/mol. The van der Waals surface area contributed by atoms with Gasteiger partial charge in [-0.15, -0.1) is 0 Å². The van der Waals surface area contributed by atoms with Crippen LogP contribution < -0.4 is 10.2 Å². The largest absolute Gasteiger partial charge is 0.371 e. The molecule has 3 fully saturated rings. The topological polar surface area (TPSA) is 85.7 Å². The number of nitrogens with one attached hydrogen (secondary N) is 1. The van der Waals surface area contributed by atoms with Crippen LogP contribution in [0.4, 0.5) is 5.69 Å². The van der Waals surface area contributed by atoms with E-state index >= 15 is 0 Å². The molecule has 8 nitrogen and oxygen atoms in total. The van der Waals surface area contributed by atoms with E-state index in [-0.39, 0.29) is 24.0 Å². The van der Waals surface area contributed by atoms with Crippen molar-refractivity contribution in [2.24, 2.45) is 13.0 Å². The van der Waals surface area contributed by atoms with Gasteiger partial charge >= 0.3 is 0 Å². The van der Waals surface area contributed by atoms with Gasteiger partial charge in [-0.3, -0.25) is 19.6 Å². The number of aryl methyl sites for hydroxylation is 1. The number of anilines is 1. The van der Waals surface area contributed by atoms with Gasteiger partial charge in [0.05, 0.1) is 30.3 Å². The number of piperidine rings is 2. The Balaban J connectivity index is 1.35. The molecule has 0 spiro atoms. The molecule has 0 aliphatic carbocycles. The first-order valence-electron chi connectivity index (χ1n) is 10.4. The summed E-state index contributed by atoms with van der Waals surface area (Å²) in [5.74, 6) is -0.355. The zero-order valence-corrected chi connectivity index (χ0v) is 16.6. The van der Waals surface area contributed by atoms with Crippen LogP contribution in [0.25, 0.3) is 10.9 Å². The fraction of sp³-hybridized carbons (Fsp3) is 0.571. The van der Waals surface area contributed by atoms with Crippen molar-refractivity contribution in [1.82, 2.24) is 15.1 Å². The average molecular weight is 398 g/mol. The van der Waals surface area contributed by atoms with Crippen LogP contribution in [0.15, 0.2) is 18.2 Å². The number of imide groups is 1. The van der Waals surface area contributed by atoms with Crippen LogP contribution in [-0.2, 0) is 26.1 Å². The lowest BCUT2D eigenvalue weighted by Crippen LogP contribution is -2.39. The highest BCUT2D eigenvalue weighted by atomic mass is 16.7. The SMILES string of the molecule is Cn1nc(C2CCC(=O)NC2=O)c2ccc(N3CCC(C4OCCO4)CC3)cc21. The van der Waals surface area contributed by atoms with Crippen molar-refractivity contribution in [3.8, 4) is 0 Å². The minimum absolute atomic E-state index is 0.0345. The molecule has 3 aliphatic heterocycles. The van der Waals surface area contributed by atoms with Crippen molar-refractivity contribution in [3.05, 3.63) is 23.9 Å². The number of amides is 2. The number of rotatable bonds is 3. The van der Waals surface area contributed by atoms with Gasteiger partial charge in [0.25, 0.3) is 0 Å². The summed E-state index contributed by atoms with van der Waals surface area (Å²) >= 11 is 0. The van der Waals surface area contributed by atoms with Crippen molar-refractivity contribution in [2.45, 2.75) is 37.9 Å². The summed E-state index contributed by atoms with van der Waals surface area (Å²) in [4.78, 5) is 26.2. The number of benzene rings is 1. The maximum absolute atomic E-state index is 12.3. The van der Waals surface area contributed by atoms with Crippen LogP contribution in [-0.4, -0.2) is 54.2 Å². The Labute approximate surface area is 169 Å². The molecule has 1 aromatic carbocycles. The molecule has 2 amide bonds. The summed E-state index contributed by atoms with van der Waals surface area (Å²) in [6, 6.07) is 6.33. The van der Waals surface area contributed by atoms with Crippen LogP contribution in [0.2, 0.25) is 0 Å². The molecule has 4 heterocycles. The van der Waals surface area contributed by atoms with Gasteiger partial charge in [-0.1, -0.05) is 0 Å². The molecule has 2 aromatic rings. The van der Waals surface area contributed by atoms with Crippen LogP contribution in [0.3, 0.4) is 0 Å². The molecular formula is C21H26N4O4. The Bertz CT molecular complexity index is 942. The third-order valence-corrected chi connectivity index (χ3v) is 6.37. The van der Waals surface area contributed by atoms with E-state index in [1.807, 2.05) is 11.7 Å². The lowest BCUT2D eigenvalue weighted by molar-refractivity contribution is -0.134. The van der Waals surface area contributed by atoms with Crippen LogP contribution in [0.5, 0.6) is 0 Å². The zero-order valence-electron chi connectivity index (χ0n) is 16.6. The minimum Gasteiger partial charge on any atom is -0.371 e. The van der Waals surface area contributed by atoms with E-state index < -0.39 is 0 Å². The predicted octanol–water partition coefficient (Wildman–Crippen LogP) is 1.68. The molecule has 3 saturated heterocycles. The van der Waals surface area contributed by atoms with Crippen molar-refractivity contribution in [1.29, 1.82) is 0 Å². The summed E-state index contributed by atoms with van der Waals surface area (Å²) in [5, 5.41) is 8.05. The van der Waals surface area contributed by atoms with Gasteiger partial charge in [0, 0.05) is 43.5 Å². The smallest absolute Gasteiger partial charge is 0.235 e. The van der Waals surface area contributed by atoms with Gasteiger partial charge in [0.1, 0.15) is 0 Å². The molecular weight excluding hydrogens is 372 g/mol. The maximum atomic E-state index is 12.3. The number of nitrogens with zero attached hydrogens (tertiary/aromatic N) is 3. The van der Waals surface area contributed by atoms with Crippen LogP contribution >= 0.6 is 0 Å². The molecule has 1 atom stereocenters. The van der Waals surface area contributed by atoms with Crippen LogP contribution in [0.1, 0.15) is 37.3 Å². The highest BCUT2D eigenvalue weighted by Gasteiger charge is 2.33. The normalized spacial score (nSPS) is 24.4. The van der Waals surface area contributed by atoms with E-state index in [9.17, 15) is 9.59 Å². The van der Waals surface area contributed by atoms with Gasteiger partial charge in [-0.25, -0.2) is 0 Å². The van der Waals surface area contributed by atoms with Gasteiger partial charge in [-0.05, 0) is 37.5 Å². The standard InChI is InChI=1S/C21H26N4O4/c1-24-17-12-14(25-8-6-13(7-9-25)21-28-10-11-29-21)2-3-15(17)19(23-24)16-4-5-18(26)22-20(16)27/h2-3,12-13,16,21H,4-11H2,1H3,(H,22,26,27). The molecule has 3 aliphatic rings. The molecule has 1 aromatic heterocycles. The number of ether oxygens (including phenoxy) is 2. The van der Waals surface area contributed by atoms with E-state index in [2.05, 4.69) is 33.5 Å². The lowest BCUT2D eigenvalue weighted by atomic mass is 9.92. The Morgan fingerprint density at radius 2 is 1.86 bits per heavy atom. The third kappa shape index (κ3) is 3.40. The fourth-order valence-electron chi connectivity index (χ4n) is 4.76. The van der Waals surface area contributed by atoms with E-state index in [1.54, 1.807) is 0 Å². The van der Waals surface area contributed by atoms with Crippen molar-refractivity contribution in [2.75, 3.05) is 31.2 Å². The van der Waals surface area contributed by atoms with Gasteiger partial charge in [-0.2, -0.15) is 5.10 Å². The first kappa shape index (κ1) is 18.6. The zero-order chi connectivity index (χ0) is 20.0. The number of carbonyl (C=O) groups is 2. The number of hydrogen-bond acceptors (Lipinski definition) is 6. The molecule has 8 heteroatoms. The lowest BCUT2D eigenvalue weighted by Gasteiger charge is -2.35. The number of hydrogen-bond donors (Lipinski definition) is 1. The molecule has 154 valence electrons. The summed E-state index contributed by atoms with van der Waals surface area (Å²) in [6.07, 6.45) is 2.94. The second-order valence-corrected chi connectivity index (χ2v) is 8.15. The van der Waals surface area contributed by atoms with E-state index in [4.69, 9.17) is 9.47 Å². The van der Waals surface area contributed by atoms with E-state index in [0.29, 0.717) is 32.0 Å². The minimum atomic E-state index is -0.371. The van der Waals surface area contributed by atoms with Crippen LogP contribution in [0, 0.1) is 5.92 Å². The maximum Gasteiger partial charge on any atom is 0.235 e. The predicted molar refractivity (Wildman–Crippen MR) is 106 cm³/mol. The van der Waals surface area contributed by atoms with Gasteiger partial charge < -0.3 is 14.4 Å². The third-order valence-electron chi connectivity index (χ3n) is 6.37. The van der Waals surface area contributed by atoms with Crippen molar-refractivity contribution in [3.63, 3.8) is 0 Å². The average Bonchev–Trinajstić information content (AvgIpc) is 3.37. The molecule has 1 N–H and O–H groups in total. The molecule has 0 bridgehead atoms. The summed E-state index contributed by atoms with van der Waals surface area (Å²) < 4.78 is 13.2.